The van der Waals surface area contributed by atoms with E-state index in [0.29, 0.717) is 128 Å². The van der Waals surface area contributed by atoms with E-state index in [4.69, 9.17) is 59.9 Å². The van der Waals surface area contributed by atoms with Gasteiger partial charge < -0.3 is 53.0 Å². The number of carbonyl (C=O) groups is 2. The van der Waals surface area contributed by atoms with Gasteiger partial charge in [0.05, 0.1) is 115 Å². The normalized spacial score (nSPS) is 16.9. The summed E-state index contributed by atoms with van der Waals surface area (Å²) >= 11 is 6.29. The van der Waals surface area contributed by atoms with Crippen molar-refractivity contribution in [3.63, 3.8) is 0 Å². The van der Waals surface area contributed by atoms with E-state index in [1.54, 1.807) is 15.5 Å². The summed E-state index contributed by atoms with van der Waals surface area (Å²) in [5.74, 6) is 0.472. The van der Waals surface area contributed by atoms with Crippen LogP contribution in [0.15, 0.2) is 30.5 Å². The molecule has 0 radical (unpaired) electrons. The summed E-state index contributed by atoms with van der Waals surface area (Å²) in [6.07, 6.45) is 7.28. The van der Waals surface area contributed by atoms with Crippen molar-refractivity contribution in [2.24, 2.45) is 0 Å². The smallest absolute Gasteiger partial charge is 0.410 e. The number of benzene rings is 1. The Bertz CT molecular complexity index is 2090. The lowest BCUT2D eigenvalue weighted by Gasteiger charge is -2.35. The summed E-state index contributed by atoms with van der Waals surface area (Å²) in [5, 5.41) is 13.9. The van der Waals surface area contributed by atoms with Gasteiger partial charge in [-0.15, -0.1) is 0 Å². The molecule has 2 fully saturated rings. The van der Waals surface area contributed by atoms with E-state index in [9.17, 15) is 18.0 Å². The Hall–Kier alpha value is -3.86. The van der Waals surface area contributed by atoms with Crippen LogP contribution >= 0.6 is 11.6 Å². The molecule has 0 bridgehead atoms. The number of sulfonamides is 1. The Balaban J connectivity index is 1.08. The molecule has 2 aromatic heterocycles. The average molecular weight is 969 g/mol. The molecule has 21 heteroatoms. The Kier molecular flexibility index (Phi) is 21.4. The summed E-state index contributed by atoms with van der Waals surface area (Å²) in [6, 6.07) is 6.02. The number of piperidine rings is 1. The molecule has 2 saturated heterocycles. The van der Waals surface area contributed by atoms with Crippen molar-refractivity contribution in [1.29, 1.82) is 0 Å². The molecule has 5 rings (SSSR count). The number of nitrogens with one attached hydrogen (secondary N) is 1. The fraction of sp³-hybridized carbons (Fsp3) is 0.689. The Labute approximate surface area is 394 Å². The highest BCUT2D eigenvalue weighted by Crippen LogP contribution is 2.35. The number of hydrogen-bond donors (Lipinski definition) is 2. The highest BCUT2D eigenvalue weighted by molar-refractivity contribution is 7.92. The Morgan fingerprint density at radius 3 is 2.09 bits per heavy atom. The van der Waals surface area contributed by atoms with Gasteiger partial charge in [0.2, 0.25) is 10.0 Å². The molecular formula is C45H70ClN7O12S. The second kappa shape index (κ2) is 26.6. The molecule has 3 aromatic rings. The molecule has 19 nitrogen and oxygen atoms in total. The molecule has 0 saturated carbocycles. The lowest BCUT2D eigenvalue weighted by molar-refractivity contribution is -0.0183. The molecule has 0 unspecified atom stereocenters. The first-order valence-corrected chi connectivity index (χ1v) is 25.2. The van der Waals surface area contributed by atoms with Crippen molar-refractivity contribution in [2.45, 2.75) is 83.9 Å². The van der Waals surface area contributed by atoms with Gasteiger partial charge in [-0.1, -0.05) is 11.6 Å². The molecular weight excluding hydrogens is 898 g/mol. The van der Waals surface area contributed by atoms with Crippen molar-refractivity contribution in [1.82, 2.24) is 24.4 Å². The predicted molar refractivity (Wildman–Crippen MR) is 250 cm³/mol. The van der Waals surface area contributed by atoms with Crippen molar-refractivity contribution < 1.29 is 56.3 Å². The molecule has 4 heterocycles. The van der Waals surface area contributed by atoms with Crippen LogP contribution in [0.5, 0.6) is 0 Å². The maximum Gasteiger partial charge on any atom is 0.410 e. The van der Waals surface area contributed by atoms with Crippen LogP contribution in [0.2, 0.25) is 5.02 Å². The fourth-order valence-corrected chi connectivity index (χ4v) is 8.56. The van der Waals surface area contributed by atoms with Crippen LogP contribution in [-0.2, 0) is 43.2 Å². The number of nitrogens with zero attached hydrogens (tertiary/aromatic N) is 6. The molecule has 66 heavy (non-hydrogen) atoms. The van der Waals surface area contributed by atoms with Crippen molar-refractivity contribution in [3.8, 4) is 0 Å². The second-order valence-corrected chi connectivity index (χ2v) is 19.5. The maximum atomic E-state index is 14.1. The minimum atomic E-state index is -3.65. The number of aromatic nitrogens is 3. The number of carbonyl (C=O) groups excluding carboxylic acids is 2. The summed E-state index contributed by atoms with van der Waals surface area (Å²) in [7, 11) is -3.65. The monoisotopic (exact) mass is 967 g/mol. The minimum Gasteiger partial charge on any atom is -0.444 e. The largest absolute Gasteiger partial charge is 0.444 e. The zero-order valence-corrected chi connectivity index (χ0v) is 40.8. The standard InChI is InChI=1S/C45H70ClN7O12S/c1-34-32-53-41(31-39(48-53)40-10-6-7-15-52(40)43(55)37-30-35(46)11-12-38(37)49-66(5,57)58)47-42(34)50-16-13-36(33-50)51(44(56)65-45(2,3)4)14-8-9-18-59-20-22-61-24-26-63-28-29-64-27-25-62-23-21-60-19-17-54/h11-12,30-32,36,40,49,54H,6-10,13-29,33H2,1-5H3/t36-,40-/m0/s1. The zero-order chi connectivity index (χ0) is 47.5. The summed E-state index contributed by atoms with van der Waals surface area (Å²) in [5.41, 5.74) is 1.95. The Morgan fingerprint density at radius 1 is 0.864 bits per heavy atom. The van der Waals surface area contributed by atoms with Crippen molar-refractivity contribution in [3.05, 3.63) is 52.3 Å². The lowest BCUT2D eigenvalue weighted by Crippen LogP contribution is -2.45. The Morgan fingerprint density at radius 2 is 1.48 bits per heavy atom. The van der Waals surface area contributed by atoms with Gasteiger partial charge in [0, 0.05) is 55.6 Å². The zero-order valence-electron chi connectivity index (χ0n) is 39.2. The first-order chi connectivity index (χ1) is 31.6. The van der Waals surface area contributed by atoms with E-state index in [-0.39, 0.29) is 41.9 Å². The van der Waals surface area contributed by atoms with E-state index >= 15 is 0 Å². The molecule has 2 N–H and O–H groups in total. The second-order valence-electron chi connectivity index (χ2n) is 17.4. The van der Waals surface area contributed by atoms with E-state index in [1.807, 2.05) is 44.9 Å². The van der Waals surface area contributed by atoms with E-state index in [1.165, 1.54) is 12.1 Å². The number of anilines is 2. The molecule has 2 aliphatic heterocycles. The molecule has 2 amide bonds. The summed E-state index contributed by atoms with van der Waals surface area (Å²) in [4.78, 5) is 38.6. The van der Waals surface area contributed by atoms with Crippen molar-refractivity contribution in [2.75, 3.05) is 128 Å². The maximum absolute atomic E-state index is 14.1. The highest BCUT2D eigenvalue weighted by Gasteiger charge is 2.35. The van der Waals surface area contributed by atoms with Crippen LogP contribution in [0.4, 0.5) is 16.3 Å². The van der Waals surface area contributed by atoms with Crippen molar-refractivity contribution >= 4 is 50.8 Å². The van der Waals surface area contributed by atoms with Crippen LogP contribution in [0.25, 0.3) is 5.65 Å². The third kappa shape index (κ3) is 17.3. The minimum absolute atomic E-state index is 0.00551. The van der Waals surface area contributed by atoms with Gasteiger partial charge in [-0.2, -0.15) is 5.10 Å². The fourth-order valence-electron chi connectivity index (χ4n) is 7.81. The first-order valence-electron chi connectivity index (χ1n) is 22.9. The third-order valence-corrected chi connectivity index (χ3v) is 11.6. The summed E-state index contributed by atoms with van der Waals surface area (Å²) < 4.78 is 67.3. The van der Waals surface area contributed by atoms with Crippen LogP contribution in [0.1, 0.15) is 87.0 Å². The molecule has 370 valence electrons. The molecule has 2 atom stereocenters. The van der Waals surface area contributed by atoms with Gasteiger partial charge in [-0.05, 0) is 84.4 Å². The SMILES string of the molecule is Cc1cn2nc([C@@H]3CCCCN3C(=O)c3cc(Cl)ccc3NS(C)(=O)=O)cc2nc1N1CC[C@H](N(CCCCOCCOCCOCCOCCOCCOCCO)C(=O)OC(C)(C)C)C1. The van der Waals surface area contributed by atoms with Gasteiger partial charge >= 0.3 is 6.09 Å². The lowest BCUT2D eigenvalue weighted by atomic mass is 9.98. The molecule has 0 spiro atoms. The average Bonchev–Trinajstić information content (AvgIpc) is 3.92. The van der Waals surface area contributed by atoms with Gasteiger partial charge in [0.15, 0.2) is 5.65 Å². The van der Waals surface area contributed by atoms with Gasteiger partial charge in [0.25, 0.3) is 5.91 Å². The molecule has 2 aliphatic rings. The number of amides is 2. The number of aryl methyl sites for hydroxylation is 1. The summed E-state index contributed by atoms with van der Waals surface area (Å²) in [6.45, 7) is 15.4. The van der Waals surface area contributed by atoms with E-state index < -0.39 is 15.6 Å². The number of rotatable bonds is 28. The quantitative estimate of drug-likeness (QED) is 0.0907. The van der Waals surface area contributed by atoms with Gasteiger partial charge in [0.1, 0.15) is 11.4 Å². The molecule has 1 aromatic carbocycles. The number of unbranched alkanes of at least 4 members (excludes halogenated alkanes) is 1. The number of likely N-dealkylation sites (tertiary alicyclic amines) is 1. The first kappa shape index (κ1) is 53.1. The van der Waals surface area contributed by atoms with Crippen LogP contribution in [0.3, 0.4) is 0 Å². The molecule has 0 aliphatic carbocycles. The van der Waals surface area contributed by atoms with E-state index in [2.05, 4.69) is 9.62 Å². The number of ether oxygens (including phenoxy) is 7. The van der Waals surface area contributed by atoms with Gasteiger partial charge in [-0.3, -0.25) is 9.52 Å². The topological polar surface area (TPSA) is 205 Å². The predicted octanol–water partition coefficient (Wildman–Crippen LogP) is 5.12. The number of aliphatic hydroxyl groups excluding tert-OH is 1. The van der Waals surface area contributed by atoms with Crippen LogP contribution in [0, 0.1) is 6.92 Å². The number of fused-ring (bicyclic) bond motifs is 1. The number of halogens is 1. The van der Waals surface area contributed by atoms with E-state index in [0.717, 1.165) is 49.7 Å². The number of hydrogen-bond acceptors (Lipinski definition) is 15. The third-order valence-electron chi connectivity index (χ3n) is 10.8. The van der Waals surface area contributed by atoms with Gasteiger partial charge in [-0.25, -0.2) is 22.7 Å². The van der Waals surface area contributed by atoms with Crippen LogP contribution < -0.4 is 9.62 Å². The van der Waals surface area contributed by atoms with Crippen LogP contribution in [-0.4, -0.2) is 180 Å². The highest BCUT2D eigenvalue weighted by atomic mass is 35.5. The number of aliphatic hydroxyl groups is 1.